The van der Waals surface area contributed by atoms with Gasteiger partial charge in [-0.25, -0.2) is 4.98 Å². The molecule has 1 aliphatic carbocycles. The smallest absolute Gasteiger partial charge is 0.230 e. The van der Waals surface area contributed by atoms with Crippen LogP contribution in [0.15, 0.2) is 54.6 Å². The summed E-state index contributed by atoms with van der Waals surface area (Å²) in [6, 6.07) is 17.9. The molecule has 7 heteroatoms. The maximum absolute atomic E-state index is 13.1. The number of hydrogen-bond donors (Lipinski definition) is 1. The van der Waals surface area contributed by atoms with Crippen molar-refractivity contribution >= 4 is 22.9 Å². The van der Waals surface area contributed by atoms with Crippen molar-refractivity contribution in [3.63, 3.8) is 0 Å². The van der Waals surface area contributed by atoms with Crippen LogP contribution in [0.2, 0.25) is 0 Å². The van der Waals surface area contributed by atoms with E-state index in [0.717, 1.165) is 41.0 Å². The van der Waals surface area contributed by atoms with Crippen LogP contribution < -0.4 is 5.32 Å². The van der Waals surface area contributed by atoms with Crippen molar-refractivity contribution in [2.75, 3.05) is 5.32 Å². The lowest BCUT2D eigenvalue weighted by Crippen LogP contribution is -2.30. The van der Waals surface area contributed by atoms with E-state index < -0.39 is 0 Å². The number of aromatic nitrogens is 5. The van der Waals surface area contributed by atoms with Gasteiger partial charge in [0.05, 0.1) is 22.4 Å². The van der Waals surface area contributed by atoms with E-state index in [4.69, 9.17) is 0 Å². The summed E-state index contributed by atoms with van der Waals surface area (Å²) in [5.41, 5.74) is 4.83. The first-order valence-corrected chi connectivity index (χ1v) is 9.42. The van der Waals surface area contributed by atoms with Gasteiger partial charge in [-0.3, -0.25) is 19.4 Å². The molecule has 4 aromatic rings. The largest absolute Gasteiger partial charge is 0.295 e. The third-order valence-electron chi connectivity index (χ3n) is 5.37. The van der Waals surface area contributed by atoms with Gasteiger partial charge in [0.25, 0.3) is 0 Å². The van der Waals surface area contributed by atoms with E-state index in [1.54, 1.807) is 4.68 Å². The first kappa shape index (κ1) is 16.7. The fourth-order valence-corrected chi connectivity index (χ4v) is 3.89. The lowest BCUT2D eigenvalue weighted by Gasteiger charge is -2.21. The number of rotatable bonds is 3. The van der Waals surface area contributed by atoms with E-state index in [1.807, 2.05) is 66.2 Å². The SMILES string of the molecule is Cn1nnc2c1C[C@@H](C(=O)Nc1nc3ccccc3n1-c1ccccc1)CC2. The Morgan fingerprint density at radius 1 is 1.11 bits per heavy atom. The summed E-state index contributed by atoms with van der Waals surface area (Å²) in [5.74, 6) is 0.416. The number of para-hydroxylation sites is 3. The molecule has 2 heterocycles. The molecule has 5 rings (SSSR count). The van der Waals surface area contributed by atoms with Crippen LogP contribution in [0.3, 0.4) is 0 Å². The highest BCUT2D eigenvalue weighted by atomic mass is 16.2. The molecule has 0 aliphatic heterocycles. The predicted octanol–water partition coefficient (Wildman–Crippen LogP) is 2.90. The molecule has 0 bridgehead atoms. The minimum Gasteiger partial charge on any atom is -0.295 e. The zero-order valence-corrected chi connectivity index (χ0v) is 15.5. The number of aryl methyl sites for hydroxylation is 2. The van der Waals surface area contributed by atoms with Crippen molar-refractivity contribution in [1.82, 2.24) is 24.5 Å². The molecule has 0 unspecified atom stereocenters. The van der Waals surface area contributed by atoms with Crippen LogP contribution in [-0.2, 0) is 24.7 Å². The van der Waals surface area contributed by atoms with Crippen molar-refractivity contribution in [3.8, 4) is 5.69 Å². The van der Waals surface area contributed by atoms with E-state index in [9.17, 15) is 4.79 Å². The maximum atomic E-state index is 13.1. The molecule has 1 atom stereocenters. The summed E-state index contributed by atoms with van der Waals surface area (Å²) in [7, 11) is 1.88. The summed E-state index contributed by atoms with van der Waals surface area (Å²) in [5, 5.41) is 11.3. The number of imidazole rings is 1. The third-order valence-corrected chi connectivity index (χ3v) is 5.37. The summed E-state index contributed by atoms with van der Waals surface area (Å²) < 4.78 is 3.76. The molecule has 2 aromatic heterocycles. The second-order valence-corrected chi connectivity index (χ2v) is 7.13. The standard InChI is InChI=1S/C21H20N6O/c1-26-19-13-14(11-12-17(19)24-25-26)20(28)23-21-22-16-9-5-6-10-18(16)27(21)15-7-3-2-4-8-15/h2-10,14H,11-13H2,1H3,(H,22,23,28)/t14-/m0/s1. The molecule has 0 fully saturated rings. The van der Waals surface area contributed by atoms with Gasteiger partial charge < -0.3 is 0 Å². The number of carbonyl (C=O) groups is 1. The molecule has 0 radical (unpaired) electrons. The highest BCUT2D eigenvalue weighted by molar-refractivity contribution is 5.94. The minimum atomic E-state index is -0.117. The fourth-order valence-electron chi connectivity index (χ4n) is 3.89. The first-order valence-electron chi connectivity index (χ1n) is 9.42. The Hall–Kier alpha value is -3.48. The number of fused-ring (bicyclic) bond motifs is 2. The molecule has 1 N–H and O–H groups in total. The number of anilines is 1. The number of carbonyl (C=O) groups excluding carboxylic acids is 1. The summed E-state index contributed by atoms with van der Waals surface area (Å²) in [6.07, 6.45) is 2.19. The van der Waals surface area contributed by atoms with Crippen LogP contribution in [0.5, 0.6) is 0 Å². The molecule has 1 amide bonds. The minimum absolute atomic E-state index is 0.0145. The maximum Gasteiger partial charge on any atom is 0.230 e. The van der Waals surface area contributed by atoms with E-state index in [0.29, 0.717) is 12.4 Å². The average Bonchev–Trinajstić information content (AvgIpc) is 3.28. The number of nitrogens with zero attached hydrogens (tertiary/aromatic N) is 5. The summed E-state index contributed by atoms with van der Waals surface area (Å²) in [6.45, 7) is 0. The van der Waals surface area contributed by atoms with Gasteiger partial charge in [-0.2, -0.15) is 0 Å². The molecule has 0 spiro atoms. The van der Waals surface area contributed by atoms with Crippen molar-refractivity contribution in [2.24, 2.45) is 13.0 Å². The highest BCUT2D eigenvalue weighted by Gasteiger charge is 2.29. The average molecular weight is 372 g/mol. The van der Waals surface area contributed by atoms with Gasteiger partial charge in [0.1, 0.15) is 0 Å². The Bertz CT molecular complexity index is 1160. The van der Waals surface area contributed by atoms with Crippen LogP contribution in [0.4, 0.5) is 5.95 Å². The van der Waals surface area contributed by atoms with Crippen LogP contribution >= 0.6 is 0 Å². The predicted molar refractivity (Wildman–Crippen MR) is 106 cm³/mol. The van der Waals surface area contributed by atoms with Crippen molar-refractivity contribution < 1.29 is 4.79 Å². The molecular weight excluding hydrogens is 352 g/mol. The Labute approximate surface area is 162 Å². The molecule has 2 aromatic carbocycles. The van der Waals surface area contributed by atoms with E-state index in [1.165, 1.54) is 0 Å². The van der Waals surface area contributed by atoms with Gasteiger partial charge in [-0.1, -0.05) is 35.5 Å². The van der Waals surface area contributed by atoms with Gasteiger partial charge in [0.2, 0.25) is 11.9 Å². The topological polar surface area (TPSA) is 77.6 Å². The van der Waals surface area contributed by atoms with Gasteiger partial charge in [-0.15, -0.1) is 5.10 Å². The first-order chi connectivity index (χ1) is 13.7. The van der Waals surface area contributed by atoms with Crippen molar-refractivity contribution in [3.05, 3.63) is 66.0 Å². The Morgan fingerprint density at radius 2 is 1.89 bits per heavy atom. The highest BCUT2D eigenvalue weighted by Crippen LogP contribution is 2.27. The van der Waals surface area contributed by atoms with Gasteiger partial charge in [0, 0.05) is 25.1 Å². The van der Waals surface area contributed by atoms with Crippen LogP contribution in [-0.4, -0.2) is 30.5 Å². The van der Waals surface area contributed by atoms with Crippen molar-refractivity contribution in [2.45, 2.75) is 19.3 Å². The second-order valence-electron chi connectivity index (χ2n) is 7.13. The number of nitrogens with one attached hydrogen (secondary N) is 1. The Balaban J connectivity index is 1.49. The Kier molecular flexibility index (Phi) is 3.93. The molecule has 140 valence electrons. The fraction of sp³-hybridized carbons (Fsp3) is 0.238. The van der Waals surface area contributed by atoms with Crippen LogP contribution in [0, 0.1) is 5.92 Å². The zero-order chi connectivity index (χ0) is 19.1. The molecule has 0 saturated heterocycles. The van der Waals surface area contributed by atoms with E-state index >= 15 is 0 Å². The summed E-state index contributed by atoms with van der Waals surface area (Å²) >= 11 is 0. The lowest BCUT2D eigenvalue weighted by molar-refractivity contribution is -0.120. The van der Waals surface area contributed by atoms with Crippen molar-refractivity contribution in [1.29, 1.82) is 0 Å². The van der Waals surface area contributed by atoms with Gasteiger partial charge >= 0.3 is 0 Å². The molecule has 28 heavy (non-hydrogen) atoms. The Morgan fingerprint density at radius 3 is 2.75 bits per heavy atom. The molecule has 7 nitrogen and oxygen atoms in total. The molecular formula is C21H20N6O. The van der Waals surface area contributed by atoms with Gasteiger partial charge in [0.15, 0.2) is 0 Å². The molecule has 0 saturated carbocycles. The second kappa shape index (κ2) is 6.60. The monoisotopic (exact) mass is 372 g/mol. The summed E-state index contributed by atoms with van der Waals surface area (Å²) in [4.78, 5) is 17.7. The third kappa shape index (κ3) is 2.76. The van der Waals surface area contributed by atoms with E-state index in [2.05, 4.69) is 20.6 Å². The normalized spacial score (nSPS) is 16.1. The zero-order valence-electron chi connectivity index (χ0n) is 15.5. The number of hydrogen-bond acceptors (Lipinski definition) is 4. The van der Waals surface area contributed by atoms with E-state index in [-0.39, 0.29) is 11.8 Å². The van der Waals surface area contributed by atoms with Gasteiger partial charge in [-0.05, 0) is 37.1 Å². The quantitative estimate of drug-likeness (QED) is 0.600. The lowest BCUT2D eigenvalue weighted by atomic mass is 9.89. The molecule has 1 aliphatic rings. The number of benzene rings is 2. The van der Waals surface area contributed by atoms with Crippen LogP contribution in [0.1, 0.15) is 17.8 Å². The number of amides is 1. The van der Waals surface area contributed by atoms with Crippen LogP contribution in [0.25, 0.3) is 16.7 Å².